The number of carbonyl (C=O) groups excluding carboxylic acids is 2. The minimum absolute atomic E-state index is 0.215. The number of rotatable bonds is 8. The molecule has 10 nitrogen and oxygen atoms in total. The zero-order valence-corrected chi connectivity index (χ0v) is 19.6. The van der Waals surface area contributed by atoms with Crippen LogP contribution in [0.15, 0.2) is 59.5 Å². The van der Waals surface area contributed by atoms with Crippen molar-refractivity contribution in [3.8, 4) is 17.1 Å². The van der Waals surface area contributed by atoms with Crippen LogP contribution in [-0.2, 0) is 9.47 Å². The predicted molar refractivity (Wildman–Crippen MR) is 129 cm³/mol. The van der Waals surface area contributed by atoms with Gasteiger partial charge in [0, 0.05) is 23.9 Å². The third-order valence-electron chi connectivity index (χ3n) is 5.57. The van der Waals surface area contributed by atoms with Gasteiger partial charge in [0.15, 0.2) is 12.2 Å². The van der Waals surface area contributed by atoms with Crippen LogP contribution in [0.25, 0.3) is 11.3 Å². The Morgan fingerprint density at radius 3 is 2.69 bits per heavy atom. The van der Waals surface area contributed by atoms with E-state index >= 15 is 0 Å². The van der Waals surface area contributed by atoms with Crippen LogP contribution in [0.1, 0.15) is 31.4 Å². The van der Waals surface area contributed by atoms with Gasteiger partial charge in [-0.25, -0.2) is 14.6 Å². The zero-order valence-electron chi connectivity index (χ0n) is 19.6. The summed E-state index contributed by atoms with van der Waals surface area (Å²) in [6.45, 7) is 2.99. The van der Waals surface area contributed by atoms with Crippen molar-refractivity contribution in [3.63, 3.8) is 0 Å². The van der Waals surface area contributed by atoms with Gasteiger partial charge in [0.2, 0.25) is 0 Å². The summed E-state index contributed by atoms with van der Waals surface area (Å²) >= 11 is 0. The maximum Gasteiger partial charge on any atom is 0.407 e. The maximum atomic E-state index is 12.6. The van der Waals surface area contributed by atoms with Gasteiger partial charge in [-0.1, -0.05) is 19.1 Å². The molecular weight excluding hydrogens is 452 g/mol. The van der Waals surface area contributed by atoms with Crippen LogP contribution < -0.4 is 20.7 Å². The molecule has 4 rings (SSSR count). The molecule has 0 saturated carbocycles. The molecule has 2 heterocycles. The summed E-state index contributed by atoms with van der Waals surface area (Å²) in [4.78, 5) is 28.8. The standard InChI is InChI=1S/C25H28N4O6/c1-3-21(29-25(31)35-19-9-10-33-14-19)16-5-4-6-17(11-16)27-24(30)28-18-7-8-20(22(12-18)32-2)23-13-26-15-34-23/h4-8,11-13,15,19,21H,3,9-10,14H2,1-2H3,(H,29,31)(H2,27,28,30)/t19-,21?/m0/s1. The Balaban J connectivity index is 1.37. The number of nitrogens with one attached hydrogen (secondary N) is 3. The van der Waals surface area contributed by atoms with Crippen molar-refractivity contribution in [1.29, 1.82) is 0 Å². The van der Waals surface area contributed by atoms with E-state index in [2.05, 4.69) is 20.9 Å². The van der Waals surface area contributed by atoms with Crippen LogP contribution in [0, 0.1) is 0 Å². The van der Waals surface area contributed by atoms with Gasteiger partial charge in [0.1, 0.15) is 11.9 Å². The van der Waals surface area contributed by atoms with Crippen molar-refractivity contribution in [2.45, 2.75) is 31.9 Å². The first-order valence-corrected chi connectivity index (χ1v) is 11.4. The minimum Gasteiger partial charge on any atom is -0.496 e. The fourth-order valence-corrected chi connectivity index (χ4v) is 3.80. The van der Waals surface area contributed by atoms with E-state index < -0.39 is 12.1 Å². The number of methoxy groups -OCH3 is 1. The topological polar surface area (TPSA) is 124 Å². The Kier molecular flexibility index (Phi) is 7.84. The molecule has 0 spiro atoms. The SMILES string of the molecule is CCC(NC(=O)O[C@H]1CCOC1)c1cccc(NC(=O)Nc2ccc(-c3cnco3)c(OC)c2)c1. The van der Waals surface area contributed by atoms with Crippen LogP contribution in [-0.4, -0.2) is 43.5 Å². The Morgan fingerprint density at radius 2 is 2.00 bits per heavy atom. The molecule has 1 fully saturated rings. The average molecular weight is 481 g/mol. The summed E-state index contributed by atoms with van der Waals surface area (Å²) in [6.07, 6.45) is 3.59. The van der Waals surface area contributed by atoms with Gasteiger partial charge in [0.05, 0.1) is 38.1 Å². The summed E-state index contributed by atoms with van der Waals surface area (Å²) < 4.78 is 21.4. The fourth-order valence-electron chi connectivity index (χ4n) is 3.80. The van der Waals surface area contributed by atoms with Gasteiger partial charge in [-0.3, -0.25) is 0 Å². The lowest BCUT2D eigenvalue weighted by Gasteiger charge is -2.20. The number of aromatic nitrogens is 1. The van der Waals surface area contributed by atoms with Crippen LogP contribution in [0.3, 0.4) is 0 Å². The lowest BCUT2D eigenvalue weighted by Crippen LogP contribution is -2.32. The van der Waals surface area contributed by atoms with E-state index in [4.69, 9.17) is 18.6 Å². The van der Waals surface area contributed by atoms with E-state index in [1.165, 1.54) is 6.39 Å². The monoisotopic (exact) mass is 480 g/mol. The molecule has 184 valence electrons. The van der Waals surface area contributed by atoms with Gasteiger partial charge in [0.25, 0.3) is 0 Å². The molecule has 3 aromatic rings. The molecule has 2 aromatic carbocycles. The molecule has 1 saturated heterocycles. The van der Waals surface area contributed by atoms with E-state index in [1.807, 2.05) is 25.1 Å². The Labute approximate surface area is 203 Å². The number of amides is 3. The van der Waals surface area contributed by atoms with Gasteiger partial charge >= 0.3 is 12.1 Å². The molecule has 1 unspecified atom stereocenters. The Morgan fingerprint density at radius 1 is 1.17 bits per heavy atom. The molecule has 0 bridgehead atoms. The number of alkyl carbamates (subject to hydrolysis) is 1. The number of hydrogen-bond donors (Lipinski definition) is 3. The van der Waals surface area contributed by atoms with E-state index in [9.17, 15) is 9.59 Å². The summed E-state index contributed by atoms with van der Waals surface area (Å²) in [6, 6.07) is 11.9. The van der Waals surface area contributed by atoms with Crippen molar-refractivity contribution in [3.05, 3.63) is 60.6 Å². The van der Waals surface area contributed by atoms with E-state index in [0.717, 1.165) is 11.1 Å². The van der Waals surface area contributed by atoms with Gasteiger partial charge in [-0.2, -0.15) is 0 Å². The number of oxazole rings is 1. The highest BCUT2D eigenvalue weighted by Crippen LogP contribution is 2.32. The van der Waals surface area contributed by atoms with Crippen molar-refractivity contribution in [2.24, 2.45) is 0 Å². The number of ether oxygens (including phenoxy) is 3. The summed E-state index contributed by atoms with van der Waals surface area (Å²) in [7, 11) is 1.54. The summed E-state index contributed by atoms with van der Waals surface area (Å²) in [5, 5.41) is 8.51. The average Bonchev–Trinajstić information content (AvgIpc) is 3.57. The maximum absolute atomic E-state index is 12.6. The van der Waals surface area contributed by atoms with Crippen molar-refractivity contribution in [2.75, 3.05) is 31.0 Å². The molecule has 0 radical (unpaired) electrons. The van der Waals surface area contributed by atoms with E-state index in [0.29, 0.717) is 48.9 Å². The Hall–Kier alpha value is -4.05. The smallest absolute Gasteiger partial charge is 0.407 e. The molecule has 2 atom stereocenters. The van der Waals surface area contributed by atoms with E-state index in [-0.39, 0.29) is 12.1 Å². The highest BCUT2D eigenvalue weighted by atomic mass is 16.6. The third-order valence-corrected chi connectivity index (χ3v) is 5.57. The van der Waals surface area contributed by atoms with Gasteiger partial charge in [-0.15, -0.1) is 0 Å². The third kappa shape index (κ3) is 6.30. The second kappa shape index (κ2) is 11.4. The molecule has 1 aliphatic heterocycles. The van der Waals surface area contributed by atoms with Crippen LogP contribution in [0.4, 0.5) is 21.0 Å². The molecule has 1 aliphatic rings. The molecule has 3 N–H and O–H groups in total. The highest BCUT2D eigenvalue weighted by Gasteiger charge is 2.22. The normalized spacial score (nSPS) is 15.8. The molecule has 10 heteroatoms. The predicted octanol–water partition coefficient (Wildman–Crippen LogP) is 4.96. The molecule has 35 heavy (non-hydrogen) atoms. The largest absolute Gasteiger partial charge is 0.496 e. The number of urea groups is 1. The van der Waals surface area contributed by atoms with Gasteiger partial charge < -0.3 is 34.6 Å². The Bertz CT molecular complexity index is 1140. The lowest BCUT2D eigenvalue weighted by molar-refractivity contribution is 0.0806. The van der Waals surface area contributed by atoms with E-state index in [1.54, 1.807) is 37.6 Å². The second-order valence-corrected chi connectivity index (χ2v) is 7.98. The van der Waals surface area contributed by atoms with Crippen molar-refractivity contribution >= 4 is 23.5 Å². The first kappa shape index (κ1) is 24.1. The quantitative estimate of drug-likeness (QED) is 0.416. The minimum atomic E-state index is -0.480. The summed E-state index contributed by atoms with van der Waals surface area (Å²) in [5.74, 6) is 1.10. The number of carbonyl (C=O) groups is 2. The number of nitrogens with zero attached hydrogens (tertiary/aromatic N) is 1. The van der Waals surface area contributed by atoms with Gasteiger partial charge in [-0.05, 0) is 36.2 Å². The molecule has 0 aliphatic carbocycles. The number of anilines is 2. The fraction of sp³-hybridized carbons (Fsp3) is 0.320. The van der Waals surface area contributed by atoms with Crippen molar-refractivity contribution in [1.82, 2.24) is 10.3 Å². The first-order valence-electron chi connectivity index (χ1n) is 11.4. The molecule has 3 amide bonds. The lowest BCUT2D eigenvalue weighted by atomic mass is 10.0. The summed E-state index contributed by atoms with van der Waals surface area (Å²) in [5.41, 5.74) is 2.71. The van der Waals surface area contributed by atoms with Crippen LogP contribution in [0.5, 0.6) is 5.75 Å². The van der Waals surface area contributed by atoms with Crippen LogP contribution in [0.2, 0.25) is 0 Å². The molecule has 1 aromatic heterocycles. The first-order chi connectivity index (χ1) is 17.1. The van der Waals surface area contributed by atoms with Crippen molar-refractivity contribution < 1.29 is 28.2 Å². The zero-order chi connectivity index (χ0) is 24.6. The van der Waals surface area contributed by atoms with Crippen LogP contribution >= 0.6 is 0 Å². The molecular formula is C25H28N4O6. The number of benzene rings is 2. The highest BCUT2D eigenvalue weighted by molar-refractivity contribution is 6.00. The number of hydrogen-bond acceptors (Lipinski definition) is 7. The second-order valence-electron chi connectivity index (χ2n) is 7.98.